The van der Waals surface area contributed by atoms with E-state index < -0.39 is 9.84 Å². The summed E-state index contributed by atoms with van der Waals surface area (Å²) in [5.74, 6) is 0.521. The van der Waals surface area contributed by atoms with Crippen LogP contribution in [0.3, 0.4) is 0 Å². The summed E-state index contributed by atoms with van der Waals surface area (Å²) in [6, 6.07) is 6.34. The second-order valence-electron chi connectivity index (χ2n) is 7.00. The molecule has 1 aliphatic heterocycles. The van der Waals surface area contributed by atoms with E-state index in [0.717, 1.165) is 5.56 Å². The number of anilines is 1. The van der Waals surface area contributed by atoms with Gasteiger partial charge in [-0.3, -0.25) is 9.36 Å². The van der Waals surface area contributed by atoms with E-state index in [9.17, 15) is 13.2 Å². The molecule has 0 saturated carbocycles. The van der Waals surface area contributed by atoms with E-state index in [0.29, 0.717) is 37.7 Å². The number of aromatic nitrogens is 2. The van der Waals surface area contributed by atoms with Gasteiger partial charge in [0, 0.05) is 13.2 Å². The highest BCUT2D eigenvalue weighted by Gasteiger charge is 2.25. The number of aliphatic imine (C=N–C) groups is 2. The van der Waals surface area contributed by atoms with Crippen LogP contribution in [0.4, 0.5) is 11.6 Å². The number of amidine groups is 1. The van der Waals surface area contributed by atoms with Gasteiger partial charge in [0.1, 0.15) is 0 Å². The van der Waals surface area contributed by atoms with Crippen molar-refractivity contribution in [3.05, 3.63) is 45.9 Å². The number of benzene rings is 1. The molecule has 0 amide bonds. The average molecular weight is 466 g/mol. The van der Waals surface area contributed by atoms with Gasteiger partial charge in [-0.2, -0.15) is 4.99 Å². The Labute approximate surface area is 185 Å². The monoisotopic (exact) mass is 465 g/mol. The SMILES string of the molecule is C=NC(Cl)=Nc1c(C)nc(NCc2ccc(S(=O)(=O)CC)cc2)c(=O)n1[C@H]1CCOC1. The topological polar surface area (TPSA) is 115 Å². The molecule has 0 aliphatic carbocycles. The van der Waals surface area contributed by atoms with Crippen LogP contribution in [0.1, 0.15) is 30.6 Å². The minimum Gasteiger partial charge on any atom is -0.379 e. The molecule has 2 heterocycles. The van der Waals surface area contributed by atoms with Crippen molar-refractivity contribution >= 4 is 45.1 Å². The molecular formula is C20H24ClN5O4S. The Bertz CT molecular complexity index is 1150. The third-order valence-electron chi connectivity index (χ3n) is 4.97. The van der Waals surface area contributed by atoms with Crippen LogP contribution in [0.15, 0.2) is 43.9 Å². The highest BCUT2D eigenvalue weighted by Crippen LogP contribution is 2.27. The summed E-state index contributed by atoms with van der Waals surface area (Å²) in [4.78, 5) is 25.6. The summed E-state index contributed by atoms with van der Waals surface area (Å²) < 4.78 is 30.9. The first-order chi connectivity index (χ1) is 14.8. The number of sulfone groups is 1. The first-order valence-electron chi connectivity index (χ1n) is 9.74. The van der Waals surface area contributed by atoms with Crippen molar-refractivity contribution in [3.63, 3.8) is 0 Å². The van der Waals surface area contributed by atoms with E-state index in [1.54, 1.807) is 38.1 Å². The summed E-state index contributed by atoms with van der Waals surface area (Å²) in [5.41, 5.74) is 0.962. The molecule has 2 aromatic rings. The van der Waals surface area contributed by atoms with Crippen molar-refractivity contribution in [2.45, 2.75) is 37.8 Å². The van der Waals surface area contributed by atoms with Gasteiger partial charge in [0.25, 0.3) is 5.56 Å². The number of aryl methyl sites for hydroxylation is 1. The number of halogens is 1. The zero-order valence-corrected chi connectivity index (χ0v) is 18.9. The molecule has 1 aromatic heterocycles. The van der Waals surface area contributed by atoms with Gasteiger partial charge < -0.3 is 10.1 Å². The maximum atomic E-state index is 13.2. The van der Waals surface area contributed by atoms with Crippen LogP contribution in [-0.2, 0) is 21.1 Å². The van der Waals surface area contributed by atoms with Crippen LogP contribution in [0.25, 0.3) is 0 Å². The molecule has 1 atom stereocenters. The fourth-order valence-electron chi connectivity index (χ4n) is 3.25. The lowest BCUT2D eigenvalue weighted by Crippen LogP contribution is -2.29. The van der Waals surface area contributed by atoms with E-state index in [1.165, 1.54) is 4.57 Å². The van der Waals surface area contributed by atoms with Gasteiger partial charge in [-0.05, 0) is 49.4 Å². The first-order valence-corrected chi connectivity index (χ1v) is 11.8. The third-order valence-corrected chi connectivity index (χ3v) is 6.93. The zero-order chi connectivity index (χ0) is 22.6. The second-order valence-corrected chi connectivity index (χ2v) is 9.62. The van der Waals surface area contributed by atoms with Crippen molar-refractivity contribution in [2.75, 3.05) is 24.3 Å². The lowest BCUT2D eigenvalue weighted by atomic mass is 10.2. The highest BCUT2D eigenvalue weighted by molar-refractivity contribution is 7.91. The molecule has 11 heteroatoms. The summed E-state index contributed by atoms with van der Waals surface area (Å²) in [5, 5.41) is 2.97. The van der Waals surface area contributed by atoms with Crippen molar-refractivity contribution in [2.24, 2.45) is 9.98 Å². The molecule has 0 bridgehead atoms. The molecule has 0 spiro atoms. The van der Waals surface area contributed by atoms with Crippen LogP contribution in [0.5, 0.6) is 0 Å². The van der Waals surface area contributed by atoms with E-state index >= 15 is 0 Å². The van der Waals surface area contributed by atoms with Crippen LogP contribution in [0.2, 0.25) is 0 Å². The lowest BCUT2D eigenvalue weighted by molar-refractivity contribution is 0.186. The summed E-state index contributed by atoms with van der Waals surface area (Å²) in [6.07, 6.45) is 0.665. The molecule has 1 saturated heterocycles. The quantitative estimate of drug-likeness (QED) is 0.382. The van der Waals surface area contributed by atoms with Crippen LogP contribution in [0, 0.1) is 6.92 Å². The van der Waals surface area contributed by atoms with Crippen molar-refractivity contribution in [1.82, 2.24) is 9.55 Å². The van der Waals surface area contributed by atoms with Crippen LogP contribution in [-0.4, -0.2) is 48.9 Å². The fourth-order valence-corrected chi connectivity index (χ4v) is 4.22. The molecule has 1 fully saturated rings. The maximum Gasteiger partial charge on any atom is 0.295 e. The van der Waals surface area contributed by atoms with Gasteiger partial charge in [0.2, 0.25) is 5.29 Å². The number of rotatable bonds is 7. The number of nitrogens with one attached hydrogen (secondary N) is 1. The molecular weight excluding hydrogens is 442 g/mol. The molecule has 0 unspecified atom stereocenters. The predicted octanol–water partition coefficient (Wildman–Crippen LogP) is 2.85. The van der Waals surface area contributed by atoms with Gasteiger partial charge in [-0.15, -0.1) is 0 Å². The van der Waals surface area contributed by atoms with Gasteiger partial charge in [0.15, 0.2) is 21.5 Å². The summed E-state index contributed by atoms with van der Waals surface area (Å²) in [6.45, 7) is 7.91. The molecule has 1 N–H and O–H groups in total. The Kier molecular flexibility index (Phi) is 7.24. The Morgan fingerprint density at radius 2 is 2.10 bits per heavy atom. The summed E-state index contributed by atoms with van der Waals surface area (Å²) >= 11 is 5.93. The molecule has 9 nitrogen and oxygen atoms in total. The van der Waals surface area contributed by atoms with Crippen LogP contribution < -0.4 is 10.9 Å². The lowest BCUT2D eigenvalue weighted by Gasteiger charge is -2.18. The Morgan fingerprint density at radius 1 is 1.39 bits per heavy atom. The number of hydrogen-bond donors (Lipinski definition) is 1. The van der Waals surface area contributed by atoms with Crippen molar-refractivity contribution in [1.29, 1.82) is 0 Å². The van der Waals surface area contributed by atoms with Crippen molar-refractivity contribution in [3.8, 4) is 0 Å². The number of ether oxygens (including phenoxy) is 1. The predicted molar refractivity (Wildman–Crippen MR) is 122 cm³/mol. The average Bonchev–Trinajstić information content (AvgIpc) is 3.29. The van der Waals surface area contributed by atoms with Gasteiger partial charge >= 0.3 is 0 Å². The van der Waals surface area contributed by atoms with E-state index in [-0.39, 0.29) is 33.4 Å². The van der Waals surface area contributed by atoms with Gasteiger partial charge in [-0.25, -0.2) is 18.4 Å². The number of nitrogens with zero attached hydrogens (tertiary/aromatic N) is 4. The largest absolute Gasteiger partial charge is 0.379 e. The maximum absolute atomic E-state index is 13.2. The van der Waals surface area contributed by atoms with Gasteiger partial charge in [-0.1, -0.05) is 19.1 Å². The first kappa shape index (κ1) is 23.1. The highest BCUT2D eigenvalue weighted by atomic mass is 35.5. The minimum atomic E-state index is -3.26. The molecule has 0 radical (unpaired) electrons. The summed E-state index contributed by atoms with van der Waals surface area (Å²) in [7, 11) is -3.26. The van der Waals surface area contributed by atoms with E-state index in [2.05, 4.69) is 27.0 Å². The molecule has 31 heavy (non-hydrogen) atoms. The normalized spacial score (nSPS) is 17.0. The standard InChI is InChI=1S/C20H24ClN5O4S/c1-4-31(28,29)16-7-5-14(6-8-16)11-23-17-19(27)26(15-9-10-30-12-15)18(13(2)24-17)25-20(21)22-3/h5-8,15H,3-4,9-12H2,1-2H3,(H,23,24)/t15-/m0/s1. The van der Waals surface area contributed by atoms with Crippen molar-refractivity contribution < 1.29 is 13.2 Å². The fraction of sp³-hybridized carbons (Fsp3) is 0.400. The molecule has 1 aliphatic rings. The molecule has 1 aromatic carbocycles. The van der Waals surface area contributed by atoms with E-state index in [4.69, 9.17) is 16.3 Å². The van der Waals surface area contributed by atoms with Gasteiger partial charge in [0.05, 0.1) is 29.0 Å². The second kappa shape index (κ2) is 9.71. The van der Waals surface area contributed by atoms with E-state index in [1.807, 2.05) is 0 Å². The zero-order valence-electron chi connectivity index (χ0n) is 17.3. The Hall–Kier alpha value is -2.56. The smallest absolute Gasteiger partial charge is 0.295 e. The Balaban J connectivity index is 1.92. The third kappa shape index (κ3) is 5.20. The Morgan fingerprint density at radius 3 is 2.68 bits per heavy atom. The molecule has 166 valence electrons. The molecule has 3 rings (SSSR count). The number of hydrogen-bond acceptors (Lipinski definition) is 7. The van der Waals surface area contributed by atoms with Crippen LogP contribution >= 0.6 is 11.6 Å². The minimum absolute atomic E-state index is 0.0401.